The number of nitrogens with zero attached hydrogens (tertiary/aromatic N) is 6. The Hall–Kier alpha value is -4.01. The van der Waals surface area contributed by atoms with Gasteiger partial charge >= 0.3 is 0 Å². The van der Waals surface area contributed by atoms with E-state index in [0.29, 0.717) is 34.5 Å². The van der Waals surface area contributed by atoms with Crippen LogP contribution in [0.5, 0.6) is 5.88 Å². The number of aromatic nitrogens is 7. The number of benzene rings is 1. The Labute approximate surface area is 159 Å². The van der Waals surface area contributed by atoms with Gasteiger partial charge in [0.25, 0.3) is 0 Å². The van der Waals surface area contributed by atoms with E-state index in [2.05, 4.69) is 30.5 Å². The van der Waals surface area contributed by atoms with Crippen LogP contribution in [0, 0.1) is 0 Å². The van der Waals surface area contributed by atoms with E-state index in [1.807, 2.05) is 49.4 Å². The summed E-state index contributed by atoms with van der Waals surface area (Å²) in [5.41, 5.74) is 2.16. The normalized spacial score (nSPS) is 12.3. The summed E-state index contributed by atoms with van der Waals surface area (Å²) in [6.45, 7) is 1.85. The molecule has 0 spiro atoms. The highest BCUT2D eigenvalue weighted by Crippen LogP contribution is 2.32. The Morgan fingerprint density at radius 3 is 2.75 bits per heavy atom. The summed E-state index contributed by atoms with van der Waals surface area (Å²) < 4.78 is 13.3. The van der Waals surface area contributed by atoms with Gasteiger partial charge in [0.2, 0.25) is 5.88 Å². The van der Waals surface area contributed by atoms with E-state index in [1.165, 1.54) is 6.33 Å². The molecule has 0 amide bonds. The summed E-state index contributed by atoms with van der Waals surface area (Å²) in [6, 6.07) is 15.2. The van der Waals surface area contributed by atoms with Crippen molar-refractivity contribution in [1.82, 2.24) is 35.0 Å². The fraction of sp³-hybridized carbons (Fsp3) is 0.105. The minimum atomic E-state index is -0.415. The number of ether oxygens (including phenoxy) is 1. The molecule has 1 N–H and O–H groups in total. The Kier molecular flexibility index (Phi) is 3.82. The maximum atomic E-state index is 6.09. The average Bonchev–Trinajstić information content (AvgIpc) is 3.49. The molecule has 0 saturated heterocycles. The largest absolute Gasteiger partial charge is 0.465 e. The maximum Gasteiger partial charge on any atom is 0.243 e. The first-order valence-corrected chi connectivity index (χ1v) is 8.67. The summed E-state index contributed by atoms with van der Waals surface area (Å²) in [4.78, 5) is 4.15. The highest BCUT2D eigenvalue weighted by atomic mass is 16.5. The van der Waals surface area contributed by atoms with Crippen molar-refractivity contribution in [1.29, 1.82) is 0 Å². The van der Waals surface area contributed by atoms with Crippen LogP contribution in [0.1, 0.15) is 18.9 Å². The number of aromatic amines is 1. The van der Waals surface area contributed by atoms with Crippen molar-refractivity contribution >= 4 is 5.65 Å². The number of hydrogen-bond donors (Lipinski definition) is 1. The van der Waals surface area contributed by atoms with Crippen LogP contribution in [0.15, 0.2) is 65.5 Å². The van der Waals surface area contributed by atoms with Crippen molar-refractivity contribution in [2.75, 3.05) is 0 Å². The first-order valence-electron chi connectivity index (χ1n) is 8.67. The molecule has 5 aromatic rings. The minimum absolute atomic E-state index is 0.372. The highest BCUT2D eigenvalue weighted by Gasteiger charge is 2.20. The van der Waals surface area contributed by atoms with Crippen molar-refractivity contribution in [3.05, 3.63) is 66.9 Å². The molecule has 0 aliphatic heterocycles. The van der Waals surface area contributed by atoms with Gasteiger partial charge in [-0.2, -0.15) is 9.61 Å². The number of H-pyrrole nitrogens is 1. The molecule has 0 fully saturated rings. The monoisotopic (exact) mass is 373 g/mol. The predicted molar refractivity (Wildman–Crippen MR) is 99.3 cm³/mol. The second-order valence-corrected chi connectivity index (χ2v) is 6.12. The van der Waals surface area contributed by atoms with Gasteiger partial charge in [-0.1, -0.05) is 30.3 Å². The highest BCUT2D eigenvalue weighted by molar-refractivity contribution is 5.69. The quantitative estimate of drug-likeness (QED) is 0.503. The zero-order valence-corrected chi connectivity index (χ0v) is 14.9. The molecular formula is C19H15N7O2. The van der Waals surface area contributed by atoms with Gasteiger partial charge in [0.1, 0.15) is 12.1 Å². The molecule has 28 heavy (non-hydrogen) atoms. The van der Waals surface area contributed by atoms with E-state index >= 15 is 0 Å². The molecule has 1 unspecified atom stereocenters. The second-order valence-electron chi connectivity index (χ2n) is 6.12. The van der Waals surface area contributed by atoms with E-state index in [9.17, 15) is 0 Å². The zero-order valence-electron chi connectivity index (χ0n) is 14.9. The SMILES string of the molecule is CC(Oc1nn2c(-c3ccccc3)nnc2cc1-c1ccco1)c1nc[nH]n1. The molecular weight excluding hydrogens is 358 g/mol. The van der Waals surface area contributed by atoms with Gasteiger partial charge in [-0.15, -0.1) is 15.3 Å². The van der Waals surface area contributed by atoms with Crippen LogP contribution in [-0.4, -0.2) is 35.0 Å². The van der Waals surface area contributed by atoms with E-state index < -0.39 is 6.10 Å². The molecule has 138 valence electrons. The molecule has 1 atom stereocenters. The van der Waals surface area contributed by atoms with Gasteiger partial charge in [-0.3, -0.25) is 5.10 Å². The van der Waals surface area contributed by atoms with Crippen molar-refractivity contribution in [3.63, 3.8) is 0 Å². The Bertz CT molecular complexity index is 1200. The number of fused-ring (bicyclic) bond motifs is 1. The molecule has 5 rings (SSSR count). The topological polar surface area (TPSA) is 107 Å². The molecule has 9 nitrogen and oxygen atoms in total. The van der Waals surface area contributed by atoms with Crippen molar-refractivity contribution < 1.29 is 9.15 Å². The van der Waals surface area contributed by atoms with Gasteiger partial charge in [0, 0.05) is 11.6 Å². The second kappa shape index (κ2) is 6.62. The van der Waals surface area contributed by atoms with Gasteiger partial charge in [-0.25, -0.2) is 4.98 Å². The van der Waals surface area contributed by atoms with Crippen LogP contribution >= 0.6 is 0 Å². The number of furan rings is 1. The number of nitrogens with one attached hydrogen (secondary N) is 1. The molecule has 4 aromatic heterocycles. The Morgan fingerprint density at radius 2 is 2.00 bits per heavy atom. The van der Waals surface area contributed by atoms with Crippen molar-refractivity contribution in [2.45, 2.75) is 13.0 Å². The molecule has 0 saturated carbocycles. The van der Waals surface area contributed by atoms with Crippen LogP contribution in [0.4, 0.5) is 0 Å². The van der Waals surface area contributed by atoms with Crippen LogP contribution in [0.2, 0.25) is 0 Å². The van der Waals surface area contributed by atoms with E-state index in [1.54, 1.807) is 16.8 Å². The fourth-order valence-electron chi connectivity index (χ4n) is 2.91. The number of hydrogen-bond acceptors (Lipinski definition) is 7. The van der Waals surface area contributed by atoms with E-state index in [0.717, 1.165) is 5.56 Å². The minimum Gasteiger partial charge on any atom is -0.465 e. The molecule has 9 heteroatoms. The zero-order chi connectivity index (χ0) is 18.9. The lowest BCUT2D eigenvalue weighted by molar-refractivity contribution is 0.205. The fourth-order valence-corrected chi connectivity index (χ4v) is 2.91. The lowest BCUT2D eigenvalue weighted by Gasteiger charge is -2.13. The molecule has 4 heterocycles. The third-order valence-electron chi connectivity index (χ3n) is 4.26. The summed E-state index contributed by atoms with van der Waals surface area (Å²) in [6.07, 6.45) is 2.69. The van der Waals surface area contributed by atoms with Crippen LogP contribution in [-0.2, 0) is 0 Å². The summed E-state index contributed by atoms with van der Waals surface area (Å²) >= 11 is 0. The first-order chi connectivity index (χ1) is 13.8. The third kappa shape index (κ3) is 2.78. The Balaban J connectivity index is 1.65. The van der Waals surface area contributed by atoms with E-state index in [-0.39, 0.29) is 0 Å². The van der Waals surface area contributed by atoms with Gasteiger partial charge in [0.05, 0.1) is 11.8 Å². The van der Waals surface area contributed by atoms with Crippen LogP contribution in [0.25, 0.3) is 28.4 Å². The van der Waals surface area contributed by atoms with Crippen LogP contribution < -0.4 is 4.74 Å². The predicted octanol–water partition coefficient (Wildman–Crippen LogP) is 3.31. The van der Waals surface area contributed by atoms with Crippen LogP contribution in [0.3, 0.4) is 0 Å². The summed E-state index contributed by atoms with van der Waals surface area (Å²) in [5, 5.41) is 20.0. The smallest absolute Gasteiger partial charge is 0.243 e. The maximum absolute atomic E-state index is 6.09. The van der Waals surface area contributed by atoms with Crippen molar-refractivity contribution in [2.24, 2.45) is 0 Å². The molecule has 1 aromatic carbocycles. The van der Waals surface area contributed by atoms with Gasteiger partial charge < -0.3 is 9.15 Å². The number of rotatable bonds is 5. The lowest BCUT2D eigenvalue weighted by Crippen LogP contribution is -2.09. The van der Waals surface area contributed by atoms with Gasteiger partial charge in [-0.05, 0) is 19.1 Å². The standard InChI is InChI=1S/C19H15N7O2/c1-12(17-20-11-21-23-17)28-19-14(15-8-5-9-27-15)10-16-22-24-18(26(16)25-19)13-6-3-2-4-7-13/h2-12H,1H3,(H,20,21,23). The first kappa shape index (κ1) is 16.2. The lowest BCUT2D eigenvalue weighted by atomic mass is 10.2. The molecule has 0 aliphatic carbocycles. The summed E-state index contributed by atoms with van der Waals surface area (Å²) in [5.74, 6) is 2.14. The molecule has 0 bridgehead atoms. The third-order valence-corrected chi connectivity index (χ3v) is 4.26. The van der Waals surface area contributed by atoms with Crippen molar-refractivity contribution in [3.8, 4) is 28.6 Å². The van der Waals surface area contributed by atoms with E-state index in [4.69, 9.17) is 9.15 Å². The average molecular weight is 373 g/mol. The van der Waals surface area contributed by atoms with Gasteiger partial charge in [0.15, 0.2) is 23.4 Å². The molecule has 0 radical (unpaired) electrons. The Morgan fingerprint density at radius 1 is 1.11 bits per heavy atom. The molecule has 0 aliphatic rings. The summed E-state index contributed by atoms with van der Waals surface area (Å²) in [7, 11) is 0.